The fourth-order valence-corrected chi connectivity index (χ4v) is 4.35. The summed E-state index contributed by atoms with van der Waals surface area (Å²) in [5.74, 6) is 3.06. The minimum absolute atomic E-state index is 0.108. The quantitative estimate of drug-likeness (QED) is 0.782. The van der Waals surface area contributed by atoms with Crippen molar-refractivity contribution in [2.24, 2.45) is 11.8 Å². The Bertz CT molecular complexity index is 504. The van der Waals surface area contributed by atoms with Crippen molar-refractivity contribution in [3.63, 3.8) is 0 Å². The van der Waals surface area contributed by atoms with Crippen LogP contribution in [-0.2, 0) is 11.2 Å². The van der Waals surface area contributed by atoms with Gasteiger partial charge in [0, 0.05) is 12.5 Å². The highest BCUT2D eigenvalue weighted by Gasteiger charge is 2.20. The first-order valence-electron chi connectivity index (χ1n) is 9.02. The number of amides is 1. The summed E-state index contributed by atoms with van der Waals surface area (Å²) in [6.07, 6.45) is 11.0. The average molecular weight is 337 g/mol. The molecule has 0 bridgehead atoms. The summed E-state index contributed by atoms with van der Waals surface area (Å²) in [4.78, 5) is 16.6. The van der Waals surface area contributed by atoms with E-state index in [0.29, 0.717) is 17.0 Å². The molecule has 5 nitrogen and oxygen atoms in total. The molecule has 2 aliphatic rings. The van der Waals surface area contributed by atoms with E-state index in [4.69, 9.17) is 0 Å². The third-order valence-electron chi connectivity index (χ3n) is 5.18. The monoisotopic (exact) mass is 336 g/mol. The normalized spacial score (nSPS) is 25.6. The first-order chi connectivity index (χ1) is 11.2. The molecule has 0 aliphatic heterocycles. The Kier molecular flexibility index (Phi) is 5.97. The summed E-state index contributed by atoms with van der Waals surface area (Å²) >= 11 is 1.43. The van der Waals surface area contributed by atoms with Crippen molar-refractivity contribution in [3.8, 4) is 0 Å². The van der Waals surface area contributed by atoms with Crippen LogP contribution in [0.2, 0.25) is 0 Å². The van der Waals surface area contributed by atoms with Crippen LogP contribution >= 0.6 is 11.8 Å². The molecule has 1 amide bonds. The summed E-state index contributed by atoms with van der Waals surface area (Å²) < 4.78 is 0. The summed E-state index contributed by atoms with van der Waals surface area (Å²) in [7, 11) is 0. The fraction of sp³-hybridized carbons (Fsp3) is 0.824. The molecule has 128 valence electrons. The SMILES string of the molecule is CC1CCC(NC(=O)CSc2n[nH]c(CC3CCCC3)n2)CC1. The molecule has 0 saturated heterocycles. The zero-order valence-electron chi connectivity index (χ0n) is 14.0. The van der Waals surface area contributed by atoms with Gasteiger partial charge in [0.05, 0.1) is 5.75 Å². The van der Waals surface area contributed by atoms with Gasteiger partial charge < -0.3 is 5.32 Å². The van der Waals surface area contributed by atoms with Gasteiger partial charge in [-0.1, -0.05) is 44.4 Å². The number of carbonyl (C=O) groups is 1. The van der Waals surface area contributed by atoms with Crippen molar-refractivity contribution in [3.05, 3.63) is 5.82 Å². The Balaban J connectivity index is 1.37. The molecule has 2 aliphatic carbocycles. The zero-order chi connectivity index (χ0) is 16.1. The maximum atomic E-state index is 12.1. The molecule has 3 rings (SSSR count). The number of hydrogen-bond donors (Lipinski definition) is 2. The molecule has 1 heterocycles. The van der Waals surface area contributed by atoms with Crippen LogP contribution in [0.25, 0.3) is 0 Å². The zero-order valence-corrected chi connectivity index (χ0v) is 14.8. The van der Waals surface area contributed by atoms with Gasteiger partial charge in [0.15, 0.2) is 0 Å². The van der Waals surface area contributed by atoms with Gasteiger partial charge in [-0.05, 0) is 37.5 Å². The van der Waals surface area contributed by atoms with Crippen LogP contribution in [0.3, 0.4) is 0 Å². The Morgan fingerprint density at radius 2 is 1.96 bits per heavy atom. The van der Waals surface area contributed by atoms with Crippen LogP contribution in [0.5, 0.6) is 0 Å². The number of aromatic nitrogens is 3. The highest BCUT2D eigenvalue weighted by atomic mass is 32.2. The van der Waals surface area contributed by atoms with Crippen molar-refractivity contribution in [2.45, 2.75) is 75.9 Å². The molecular formula is C17H28N4OS. The minimum atomic E-state index is 0.108. The third kappa shape index (κ3) is 5.23. The van der Waals surface area contributed by atoms with E-state index in [1.807, 2.05) is 0 Å². The van der Waals surface area contributed by atoms with Gasteiger partial charge in [-0.25, -0.2) is 4.98 Å². The number of rotatable bonds is 6. The van der Waals surface area contributed by atoms with Gasteiger partial charge in [0.1, 0.15) is 5.82 Å². The first-order valence-corrected chi connectivity index (χ1v) is 10.0. The molecule has 23 heavy (non-hydrogen) atoms. The van der Waals surface area contributed by atoms with E-state index < -0.39 is 0 Å². The highest BCUT2D eigenvalue weighted by Crippen LogP contribution is 2.27. The predicted molar refractivity (Wildman–Crippen MR) is 92.3 cm³/mol. The van der Waals surface area contributed by atoms with E-state index in [2.05, 4.69) is 27.4 Å². The van der Waals surface area contributed by atoms with Crippen molar-refractivity contribution in [2.75, 3.05) is 5.75 Å². The first kappa shape index (κ1) is 16.8. The van der Waals surface area contributed by atoms with Crippen molar-refractivity contribution >= 4 is 17.7 Å². The number of nitrogens with zero attached hydrogens (tertiary/aromatic N) is 2. The lowest BCUT2D eigenvalue weighted by molar-refractivity contribution is -0.119. The number of carbonyl (C=O) groups excluding carboxylic acids is 1. The second-order valence-electron chi connectivity index (χ2n) is 7.23. The van der Waals surface area contributed by atoms with Gasteiger partial charge >= 0.3 is 0 Å². The van der Waals surface area contributed by atoms with Crippen LogP contribution < -0.4 is 5.32 Å². The van der Waals surface area contributed by atoms with Crippen molar-refractivity contribution < 1.29 is 4.79 Å². The summed E-state index contributed by atoms with van der Waals surface area (Å²) in [6, 6.07) is 0.365. The van der Waals surface area contributed by atoms with Gasteiger partial charge in [0.2, 0.25) is 11.1 Å². The van der Waals surface area contributed by atoms with Gasteiger partial charge in [-0.3, -0.25) is 9.89 Å². The predicted octanol–water partition coefficient (Wildman–Crippen LogP) is 3.32. The second-order valence-corrected chi connectivity index (χ2v) is 8.17. The third-order valence-corrected chi connectivity index (χ3v) is 6.03. The molecule has 1 aromatic heterocycles. The number of nitrogens with one attached hydrogen (secondary N) is 2. The van der Waals surface area contributed by atoms with Crippen LogP contribution in [0.15, 0.2) is 5.16 Å². The smallest absolute Gasteiger partial charge is 0.230 e. The summed E-state index contributed by atoms with van der Waals surface area (Å²) in [5.41, 5.74) is 0. The van der Waals surface area contributed by atoms with Gasteiger partial charge in [-0.15, -0.1) is 5.10 Å². The Morgan fingerprint density at radius 1 is 1.22 bits per heavy atom. The molecule has 2 fully saturated rings. The lowest BCUT2D eigenvalue weighted by Gasteiger charge is -2.26. The summed E-state index contributed by atoms with van der Waals surface area (Å²) in [6.45, 7) is 2.29. The molecule has 0 radical (unpaired) electrons. The molecule has 0 unspecified atom stereocenters. The Labute approximate surface area is 142 Å². The van der Waals surface area contributed by atoms with Crippen LogP contribution in [0.4, 0.5) is 0 Å². The van der Waals surface area contributed by atoms with Crippen LogP contribution in [0.1, 0.15) is 64.1 Å². The molecule has 1 aromatic rings. The molecule has 0 spiro atoms. The van der Waals surface area contributed by atoms with E-state index in [1.165, 1.54) is 50.3 Å². The van der Waals surface area contributed by atoms with Gasteiger partial charge in [0.25, 0.3) is 0 Å². The average Bonchev–Trinajstić information content (AvgIpc) is 3.20. The topological polar surface area (TPSA) is 70.7 Å². The standard InChI is InChI=1S/C17H28N4OS/c1-12-6-8-14(9-7-12)18-16(22)11-23-17-19-15(20-21-17)10-13-4-2-3-5-13/h12-14H,2-11H2,1H3,(H,18,22)(H,19,20,21). The molecular weight excluding hydrogens is 308 g/mol. The van der Waals surface area contributed by atoms with E-state index in [-0.39, 0.29) is 5.91 Å². The molecule has 2 saturated carbocycles. The van der Waals surface area contributed by atoms with E-state index in [0.717, 1.165) is 36.9 Å². The summed E-state index contributed by atoms with van der Waals surface area (Å²) in [5, 5.41) is 11.1. The van der Waals surface area contributed by atoms with Gasteiger partial charge in [-0.2, -0.15) is 0 Å². The largest absolute Gasteiger partial charge is 0.353 e. The Hall–Kier alpha value is -1.04. The number of aromatic amines is 1. The van der Waals surface area contributed by atoms with Crippen LogP contribution in [0, 0.1) is 11.8 Å². The lowest BCUT2D eigenvalue weighted by atomic mass is 9.87. The van der Waals surface area contributed by atoms with Crippen molar-refractivity contribution in [1.82, 2.24) is 20.5 Å². The lowest BCUT2D eigenvalue weighted by Crippen LogP contribution is -2.38. The second kappa shape index (κ2) is 8.18. The number of H-pyrrole nitrogens is 1. The van der Waals surface area contributed by atoms with E-state index in [1.54, 1.807) is 0 Å². The fourth-order valence-electron chi connectivity index (χ4n) is 3.73. The molecule has 2 N–H and O–H groups in total. The minimum Gasteiger partial charge on any atom is -0.353 e. The maximum absolute atomic E-state index is 12.1. The molecule has 0 atom stereocenters. The Morgan fingerprint density at radius 3 is 2.70 bits per heavy atom. The van der Waals surface area contributed by atoms with E-state index >= 15 is 0 Å². The van der Waals surface area contributed by atoms with E-state index in [9.17, 15) is 4.79 Å². The highest BCUT2D eigenvalue weighted by molar-refractivity contribution is 7.99. The number of thioether (sulfide) groups is 1. The van der Waals surface area contributed by atoms with Crippen molar-refractivity contribution in [1.29, 1.82) is 0 Å². The number of hydrogen-bond acceptors (Lipinski definition) is 4. The molecule has 0 aromatic carbocycles. The van der Waals surface area contributed by atoms with Crippen LogP contribution in [-0.4, -0.2) is 32.9 Å². The molecule has 6 heteroatoms. The maximum Gasteiger partial charge on any atom is 0.230 e.